The van der Waals surface area contributed by atoms with Gasteiger partial charge in [-0.3, -0.25) is 19.7 Å². The Bertz CT molecular complexity index is 513. The Morgan fingerprint density at radius 2 is 2.11 bits per heavy atom. The van der Waals surface area contributed by atoms with Crippen LogP contribution < -0.4 is 10.6 Å². The summed E-state index contributed by atoms with van der Waals surface area (Å²) in [5, 5.41) is 15.4. The van der Waals surface area contributed by atoms with Crippen molar-refractivity contribution >= 4 is 17.5 Å². The lowest BCUT2D eigenvalue weighted by atomic mass is 10.2. The van der Waals surface area contributed by atoms with Crippen LogP contribution in [0.5, 0.6) is 0 Å². The number of nitro groups is 1. The largest absolute Gasteiger partial charge is 0.351 e. The zero-order valence-electron chi connectivity index (χ0n) is 10.1. The summed E-state index contributed by atoms with van der Waals surface area (Å²) in [6, 6.07) is 5.28. The van der Waals surface area contributed by atoms with Gasteiger partial charge in [-0.1, -0.05) is 12.1 Å². The molecule has 0 atom stereocenters. The number of carbonyl (C=O) groups is 2. The number of nitro benzene ring substituents is 1. The SMILES string of the molecule is C=CCNC(=O)CNC(=O)c1cccc([N+](=O)[O-])c1. The number of nitrogens with zero attached hydrogens (tertiary/aromatic N) is 1. The molecule has 2 N–H and O–H groups in total. The molecule has 0 aromatic heterocycles. The van der Waals surface area contributed by atoms with Gasteiger partial charge in [0.1, 0.15) is 0 Å². The molecule has 0 aliphatic carbocycles. The van der Waals surface area contributed by atoms with E-state index < -0.39 is 10.8 Å². The van der Waals surface area contributed by atoms with Gasteiger partial charge in [-0.15, -0.1) is 6.58 Å². The van der Waals surface area contributed by atoms with Crippen LogP contribution in [0.3, 0.4) is 0 Å². The van der Waals surface area contributed by atoms with Crippen molar-refractivity contribution in [2.24, 2.45) is 0 Å². The first-order chi connectivity index (χ1) is 9.04. The van der Waals surface area contributed by atoms with Crippen LogP contribution in [0.1, 0.15) is 10.4 Å². The van der Waals surface area contributed by atoms with Crippen LogP contribution in [0, 0.1) is 10.1 Å². The highest BCUT2D eigenvalue weighted by Crippen LogP contribution is 2.12. The van der Waals surface area contributed by atoms with Crippen LogP contribution in [0.2, 0.25) is 0 Å². The Balaban J connectivity index is 2.58. The van der Waals surface area contributed by atoms with Gasteiger partial charge in [0.25, 0.3) is 11.6 Å². The van der Waals surface area contributed by atoms with E-state index in [1.165, 1.54) is 24.3 Å². The number of hydrogen-bond donors (Lipinski definition) is 2. The van der Waals surface area contributed by atoms with E-state index in [4.69, 9.17) is 0 Å². The van der Waals surface area contributed by atoms with Crippen LogP contribution in [-0.2, 0) is 4.79 Å². The molecular weight excluding hydrogens is 250 g/mol. The molecular formula is C12H13N3O4. The van der Waals surface area contributed by atoms with Gasteiger partial charge in [-0.2, -0.15) is 0 Å². The van der Waals surface area contributed by atoms with Gasteiger partial charge < -0.3 is 10.6 Å². The van der Waals surface area contributed by atoms with Crippen LogP contribution in [-0.4, -0.2) is 29.8 Å². The molecule has 0 aliphatic rings. The second-order valence-electron chi connectivity index (χ2n) is 3.58. The summed E-state index contributed by atoms with van der Waals surface area (Å²) in [6.07, 6.45) is 1.51. The first-order valence-electron chi connectivity index (χ1n) is 5.45. The minimum absolute atomic E-state index is 0.130. The quantitative estimate of drug-likeness (QED) is 0.446. The highest BCUT2D eigenvalue weighted by molar-refractivity contribution is 5.96. The Kier molecular flexibility index (Phi) is 5.21. The lowest BCUT2D eigenvalue weighted by molar-refractivity contribution is -0.384. The molecule has 1 rings (SSSR count). The molecule has 0 fully saturated rings. The fraction of sp³-hybridized carbons (Fsp3) is 0.167. The molecule has 1 aromatic rings. The highest BCUT2D eigenvalue weighted by Gasteiger charge is 2.11. The van der Waals surface area contributed by atoms with E-state index in [-0.39, 0.29) is 23.7 Å². The van der Waals surface area contributed by atoms with Gasteiger partial charge in [0, 0.05) is 24.2 Å². The summed E-state index contributed by atoms with van der Waals surface area (Å²) >= 11 is 0. The van der Waals surface area contributed by atoms with E-state index in [2.05, 4.69) is 17.2 Å². The van der Waals surface area contributed by atoms with E-state index >= 15 is 0 Å². The molecule has 7 heteroatoms. The second kappa shape index (κ2) is 6.90. The number of carbonyl (C=O) groups excluding carboxylic acids is 2. The fourth-order valence-corrected chi connectivity index (χ4v) is 1.27. The van der Waals surface area contributed by atoms with Crippen LogP contribution in [0.15, 0.2) is 36.9 Å². The van der Waals surface area contributed by atoms with Crippen molar-refractivity contribution in [2.75, 3.05) is 13.1 Å². The van der Waals surface area contributed by atoms with Gasteiger partial charge in [0.15, 0.2) is 0 Å². The van der Waals surface area contributed by atoms with Crippen molar-refractivity contribution in [3.8, 4) is 0 Å². The minimum atomic E-state index is -0.590. The topological polar surface area (TPSA) is 101 Å². The highest BCUT2D eigenvalue weighted by atomic mass is 16.6. The number of amides is 2. The number of hydrogen-bond acceptors (Lipinski definition) is 4. The van der Waals surface area contributed by atoms with E-state index in [9.17, 15) is 19.7 Å². The normalized spacial score (nSPS) is 9.47. The number of nitrogens with one attached hydrogen (secondary N) is 2. The monoisotopic (exact) mass is 263 g/mol. The van der Waals surface area contributed by atoms with E-state index in [0.717, 1.165) is 6.07 Å². The summed E-state index contributed by atoms with van der Waals surface area (Å²) in [4.78, 5) is 32.9. The smallest absolute Gasteiger partial charge is 0.270 e. The van der Waals surface area contributed by atoms with Crippen molar-refractivity contribution in [3.05, 3.63) is 52.6 Å². The Morgan fingerprint density at radius 3 is 2.74 bits per heavy atom. The van der Waals surface area contributed by atoms with Gasteiger partial charge >= 0.3 is 0 Å². The fourth-order valence-electron chi connectivity index (χ4n) is 1.27. The molecule has 0 aliphatic heterocycles. The molecule has 100 valence electrons. The Hall–Kier alpha value is -2.70. The summed E-state index contributed by atoms with van der Waals surface area (Å²) in [6.45, 7) is 3.55. The zero-order valence-corrected chi connectivity index (χ0v) is 10.1. The molecule has 7 nitrogen and oxygen atoms in total. The van der Waals surface area contributed by atoms with E-state index in [1.807, 2.05) is 0 Å². The summed E-state index contributed by atoms with van der Waals surface area (Å²) in [5.41, 5.74) is -0.0468. The van der Waals surface area contributed by atoms with Crippen molar-refractivity contribution in [1.82, 2.24) is 10.6 Å². The maximum atomic E-state index is 11.7. The maximum absolute atomic E-state index is 11.7. The predicted molar refractivity (Wildman–Crippen MR) is 68.6 cm³/mol. The lowest BCUT2D eigenvalue weighted by Crippen LogP contribution is -2.36. The molecule has 1 aromatic carbocycles. The van der Waals surface area contributed by atoms with Crippen molar-refractivity contribution in [1.29, 1.82) is 0 Å². The van der Waals surface area contributed by atoms with Gasteiger partial charge in [0.2, 0.25) is 5.91 Å². The van der Waals surface area contributed by atoms with Crippen molar-refractivity contribution in [3.63, 3.8) is 0 Å². The molecule has 2 amide bonds. The summed E-state index contributed by atoms with van der Waals surface area (Å²) in [5.74, 6) is -0.906. The molecule has 0 saturated carbocycles. The summed E-state index contributed by atoms with van der Waals surface area (Å²) in [7, 11) is 0. The Morgan fingerprint density at radius 1 is 1.37 bits per heavy atom. The van der Waals surface area contributed by atoms with Crippen LogP contribution >= 0.6 is 0 Å². The molecule has 0 bridgehead atoms. The van der Waals surface area contributed by atoms with Crippen molar-refractivity contribution < 1.29 is 14.5 Å². The van der Waals surface area contributed by atoms with Gasteiger partial charge in [0.05, 0.1) is 11.5 Å². The first-order valence-corrected chi connectivity index (χ1v) is 5.45. The first kappa shape index (κ1) is 14.4. The van der Waals surface area contributed by atoms with E-state index in [0.29, 0.717) is 6.54 Å². The minimum Gasteiger partial charge on any atom is -0.351 e. The number of benzene rings is 1. The molecule has 19 heavy (non-hydrogen) atoms. The molecule has 0 unspecified atom stereocenters. The van der Waals surface area contributed by atoms with Gasteiger partial charge in [-0.25, -0.2) is 0 Å². The van der Waals surface area contributed by atoms with Crippen molar-refractivity contribution in [2.45, 2.75) is 0 Å². The molecule has 0 saturated heterocycles. The average Bonchev–Trinajstić information content (AvgIpc) is 2.42. The standard InChI is InChI=1S/C12H13N3O4/c1-2-6-13-11(16)8-14-12(17)9-4-3-5-10(7-9)15(18)19/h2-5,7H,1,6,8H2,(H,13,16)(H,14,17). The average molecular weight is 263 g/mol. The predicted octanol–water partition coefficient (Wildman–Crippen LogP) is 0.627. The number of non-ortho nitro benzene ring substituents is 1. The maximum Gasteiger partial charge on any atom is 0.270 e. The number of rotatable bonds is 6. The zero-order chi connectivity index (χ0) is 14.3. The lowest BCUT2D eigenvalue weighted by Gasteiger charge is -2.05. The third kappa shape index (κ3) is 4.58. The molecule has 0 heterocycles. The Labute approximate surface area is 109 Å². The van der Waals surface area contributed by atoms with E-state index in [1.54, 1.807) is 0 Å². The van der Waals surface area contributed by atoms with Crippen LogP contribution in [0.4, 0.5) is 5.69 Å². The molecule has 0 radical (unpaired) electrons. The summed E-state index contributed by atoms with van der Waals surface area (Å²) < 4.78 is 0. The third-order valence-electron chi connectivity index (χ3n) is 2.17. The second-order valence-corrected chi connectivity index (χ2v) is 3.58. The molecule has 0 spiro atoms. The van der Waals surface area contributed by atoms with Gasteiger partial charge in [-0.05, 0) is 6.07 Å². The van der Waals surface area contributed by atoms with Crippen LogP contribution in [0.25, 0.3) is 0 Å². The third-order valence-corrected chi connectivity index (χ3v) is 2.17.